The third-order valence-corrected chi connectivity index (χ3v) is 6.41. The zero-order valence-corrected chi connectivity index (χ0v) is 20.4. The summed E-state index contributed by atoms with van der Waals surface area (Å²) in [6.45, 7) is 3.99. The van der Waals surface area contributed by atoms with Gasteiger partial charge in [-0.1, -0.05) is 31.5 Å². The lowest BCUT2D eigenvalue weighted by atomic mass is 9.91. The van der Waals surface area contributed by atoms with Gasteiger partial charge in [-0.2, -0.15) is 0 Å². The lowest BCUT2D eigenvalue weighted by Gasteiger charge is -2.25. The number of halogens is 3. The fraction of sp³-hybridized carbons (Fsp3) is 0.269. The molecule has 2 heterocycles. The summed E-state index contributed by atoms with van der Waals surface area (Å²) in [4.78, 5) is 37.5. The molecule has 1 aliphatic rings. The highest BCUT2D eigenvalue weighted by atomic mass is 35.5. The highest BCUT2D eigenvalue weighted by Crippen LogP contribution is 2.39. The lowest BCUT2D eigenvalue weighted by Crippen LogP contribution is -2.33. The van der Waals surface area contributed by atoms with Crippen molar-refractivity contribution in [2.45, 2.75) is 32.7 Å². The number of nitrogens with zero attached hydrogens (tertiary/aromatic N) is 1. The standard InChI is InChI=1S/C26H24ClF2N3O4/c1-3-20(26(35)31-15-5-6-16(25(30)34)19(28)9-15)32-11-21-17(10-22(32)33)23-14(8-13(2)12-36-21)4-7-18(27)24(23)29/h4-7,9-11,13,20H,3,8,12H2,1-2H3,(H2,30,34)(H,31,35). The Morgan fingerprint density at radius 1 is 1.25 bits per heavy atom. The molecule has 0 spiro atoms. The number of carbonyl (C=O) groups excluding carboxylic acids is 2. The summed E-state index contributed by atoms with van der Waals surface area (Å²) >= 11 is 6.04. The van der Waals surface area contributed by atoms with Gasteiger partial charge in [0.25, 0.3) is 11.5 Å². The number of fused-ring (bicyclic) bond motifs is 3. The van der Waals surface area contributed by atoms with E-state index in [-0.39, 0.29) is 45.5 Å². The van der Waals surface area contributed by atoms with Crippen molar-refractivity contribution in [3.8, 4) is 16.9 Å². The third kappa shape index (κ3) is 4.83. The smallest absolute Gasteiger partial charge is 0.252 e. The molecule has 2 unspecified atom stereocenters. The van der Waals surface area contributed by atoms with Gasteiger partial charge in [0.15, 0.2) is 0 Å². The van der Waals surface area contributed by atoms with Gasteiger partial charge in [-0.25, -0.2) is 8.78 Å². The molecule has 0 bridgehead atoms. The molecule has 0 saturated heterocycles. The molecular formula is C26H24ClF2N3O4. The van der Waals surface area contributed by atoms with E-state index in [1.54, 1.807) is 13.0 Å². The molecule has 188 valence electrons. The van der Waals surface area contributed by atoms with Gasteiger partial charge in [0, 0.05) is 22.9 Å². The van der Waals surface area contributed by atoms with Crippen molar-refractivity contribution in [3.05, 3.63) is 80.7 Å². The fourth-order valence-electron chi connectivity index (χ4n) is 4.33. The first kappa shape index (κ1) is 25.4. The molecular weight excluding hydrogens is 492 g/mol. The first-order valence-corrected chi connectivity index (χ1v) is 11.7. The van der Waals surface area contributed by atoms with Crippen molar-refractivity contribution >= 4 is 29.1 Å². The molecule has 2 amide bonds. The van der Waals surface area contributed by atoms with Crippen LogP contribution in [0.1, 0.15) is 42.2 Å². The quantitative estimate of drug-likeness (QED) is 0.513. The number of amides is 2. The van der Waals surface area contributed by atoms with Crippen LogP contribution in [-0.4, -0.2) is 23.0 Å². The number of benzene rings is 2. The number of primary amides is 1. The van der Waals surface area contributed by atoms with Crippen LogP contribution in [0.5, 0.6) is 5.75 Å². The number of nitrogens with two attached hydrogens (primary N) is 1. The molecule has 10 heteroatoms. The second-order valence-corrected chi connectivity index (χ2v) is 9.19. The molecule has 0 aliphatic carbocycles. The summed E-state index contributed by atoms with van der Waals surface area (Å²) in [6.07, 6.45) is 2.15. The Kier molecular flexibility index (Phi) is 7.12. The molecule has 3 aromatic rings. The molecule has 0 radical (unpaired) electrons. The molecule has 2 aromatic carbocycles. The number of aromatic nitrogens is 1. The summed E-state index contributed by atoms with van der Waals surface area (Å²) in [5.74, 6) is -2.74. The Hall–Kier alpha value is -3.72. The van der Waals surface area contributed by atoms with Crippen LogP contribution >= 0.6 is 11.6 Å². The van der Waals surface area contributed by atoms with Crippen molar-refractivity contribution in [3.63, 3.8) is 0 Å². The highest BCUT2D eigenvalue weighted by Gasteiger charge is 2.27. The van der Waals surface area contributed by atoms with E-state index in [0.717, 1.165) is 12.1 Å². The van der Waals surface area contributed by atoms with Gasteiger partial charge in [-0.15, -0.1) is 0 Å². The van der Waals surface area contributed by atoms with E-state index in [4.69, 9.17) is 22.1 Å². The van der Waals surface area contributed by atoms with E-state index in [0.29, 0.717) is 18.6 Å². The Morgan fingerprint density at radius 3 is 2.67 bits per heavy atom. The van der Waals surface area contributed by atoms with Crippen LogP contribution in [0.15, 0.2) is 47.4 Å². The van der Waals surface area contributed by atoms with Crippen LogP contribution in [0.4, 0.5) is 14.5 Å². The maximum Gasteiger partial charge on any atom is 0.252 e. The molecule has 1 aliphatic heterocycles. The van der Waals surface area contributed by atoms with Crippen LogP contribution in [0, 0.1) is 17.6 Å². The number of hydrogen-bond donors (Lipinski definition) is 2. The number of rotatable bonds is 5. The number of nitrogens with one attached hydrogen (secondary N) is 1. The second-order valence-electron chi connectivity index (χ2n) is 8.78. The first-order chi connectivity index (χ1) is 17.1. The van der Waals surface area contributed by atoms with Gasteiger partial charge in [0.05, 0.1) is 23.4 Å². The summed E-state index contributed by atoms with van der Waals surface area (Å²) in [6, 6.07) is 6.97. The Bertz CT molecular complexity index is 1420. The van der Waals surface area contributed by atoms with Gasteiger partial charge in [0.1, 0.15) is 23.4 Å². The number of ether oxygens (including phenoxy) is 1. The first-order valence-electron chi connectivity index (χ1n) is 11.4. The number of hydrogen-bond acceptors (Lipinski definition) is 4. The molecule has 3 N–H and O–H groups in total. The normalized spacial score (nSPS) is 15.5. The number of anilines is 1. The van der Waals surface area contributed by atoms with Crippen molar-refractivity contribution in [1.82, 2.24) is 4.57 Å². The predicted molar refractivity (Wildman–Crippen MR) is 132 cm³/mol. The third-order valence-electron chi connectivity index (χ3n) is 6.11. The predicted octanol–water partition coefficient (Wildman–Crippen LogP) is 4.71. The molecule has 7 nitrogen and oxygen atoms in total. The number of pyridine rings is 1. The minimum absolute atomic E-state index is 0.0568. The topological polar surface area (TPSA) is 103 Å². The van der Waals surface area contributed by atoms with E-state index in [2.05, 4.69) is 5.32 Å². The van der Waals surface area contributed by atoms with Crippen LogP contribution in [-0.2, 0) is 11.2 Å². The average molecular weight is 516 g/mol. The molecule has 1 aromatic heterocycles. The Labute approximate surface area is 210 Å². The van der Waals surface area contributed by atoms with E-state index in [1.165, 1.54) is 29.0 Å². The summed E-state index contributed by atoms with van der Waals surface area (Å²) < 4.78 is 36.4. The van der Waals surface area contributed by atoms with Gasteiger partial charge < -0.3 is 15.8 Å². The van der Waals surface area contributed by atoms with Gasteiger partial charge in [-0.05, 0) is 48.6 Å². The van der Waals surface area contributed by atoms with Gasteiger partial charge in [0.2, 0.25) is 5.91 Å². The molecule has 4 rings (SSSR count). The molecule has 0 saturated carbocycles. The van der Waals surface area contributed by atoms with E-state index in [1.807, 2.05) is 6.92 Å². The van der Waals surface area contributed by atoms with Crippen molar-refractivity contribution in [2.75, 3.05) is 11.9 Å². The van der Waals surface area contributed by atoms with Gasteiger partial charge >= 0.3 is 0 Å². The van der Waals surface area contributed by atoms with Crippen LogP contribution in [0.3, 0.4) is 0 Å². The monoisotopic (exact) mass is 515 g/mol. The largest absolute Gasteiger partial charge is 0.491 e. The zero-order chi connectivity index (χ0) is 26.1. The highest BCUT2D eigenvalue weighted by molar-refractivity contribution is 6.31. The van der Waals surface area contributed by atoms with Crippen molar-refractivity contribution < 1.29 is 23.1 Å². The number of carbonyl (C=O) groups is 2. The summed E-state index contributed by atoms with van der Waals surface area (Å²) in [5.41, 5.74) is 5.52. The molecule has 0 fully saturated rings. The fourth-order valence-corrected chi connectivity index (χ4v) is 4.49. The summed E-state index contributed by atoms with van der Waals surface area (Å²) in [5, 5.41) is 2.49. The lowest BCUT2D eigenvalue weighted by molar-refractivity contribution is -0.119. The SMILES string of the molecule is CCC(C(=O)Nc1ccc(C(N)=O)c(F)c1)n1cc2c(cc1=O)-c1c(ccc(Cl)c1F)CC(C)CO2. The average Bonchev–Trinajstić information content (AvgIpc) is 2.81. The maximum absolute atomic E-state index is 15.1. The summed E-state index contributed by atoms with van der Waals surface area (Å²) in [7, 11) is 0. The minimum atomic E-state index is -0.975. The van der Waals surface area contributed by atoms with E-state index in [9.17, 15) is 18.8 Å². The van der Waals surface area contributed by atoms with Crippen LogP contribution in [0.2, 0.25) is 5.02 Å². The van der Waals surface area contributed by atoms with Crippen LogP contribution in [0.25, 0.3) is 11.1 Å². The van der Waals surface area contributed by atoms with Gasteiger partial charge in [-0.3, -0.25) is 19.0 Å². The molecule has 2 atom stereocenters. The minimum Gasteiger partial charge on any atom is -0.491 e. The zero-order valence-electron chi connectivity index (χ0n) is 19.6. The van der Waals surface area contributed by atoms with E-state index < -0.39 is 35.0 Å². The van der Waals surface area contributed by atoms with Crippen molar-refractivity contribution in [2.24, 2.45) is 11.7 Å². The van der Waals surface area contributed by atoms with E-state index >= 15 is 4.39 Å². The Balaban J connectivity index is 1.74. The Morgan fingerprint density at radius 2 is 2.00 bits per heavy atom. The van der Waals surface area contributed by atoms with Crippen LogP contribution < -0.4 is 21.3 Å². The van der Waals surface area contributed by atoms with Crippen molar-refractivity contribution in [1.29, 1.82) is 0 Å². The molecule has 36 heavy (non-hydrogen) atoms. The second kappa shape index (κ2) is 10.1. The maximum atomic E-state index is 15.1.